The van der Waals surface area contributed by atoms with Crippen LogP contribution in [-0.2, 0) is 14.6 Å². The van der Waals surface area contributed by atoms with Crippen molar-refractivity contribution in [2.24, 2.45) is 5.92 Å². The fourth-order valence-electron chi connectivity index (χ4n) is 3.01. The van der Waals surface area contributed by atoms with Crippen LogP contribution in [0.15, 0.2) is 23.1 Å². The van der Waals surface area contributed by atoms with Crippen LogP contribution in [0.4, 0.5) is 4.79 Å². The molecule has 1 heterocycles. The number of nitrogens with zero attached hydrogens (tertiary/aromatic N) is 1. The Hall–Kier alpha value is -2.09. The van der Waals surface area contributed by atoms with Crippen LogP contribution < -0.4 is 5.32 Å². The molecule has 0 saturated carbocycles. The third kappa shape index (κ3) is 5.45. The Bertz CT molecular complexity index is 842. The molecule has 1 aliphatic rings. The van der Waals surface area contributed by atoms with Crippen molar-refractivity contribution < 1.29 is 22.7 Å². The number of aryl methyl sites for hydroxylation is 1. The topological polar surface area (TPSA) is 92.8 Å². The lowest BCUT2D eigenvalue weighted by Crippen LogP contribution is -2.43. The zero-order valence-electron chi connectivity index (χ0n) is 16.7. The fraction of sp³-hybridized carbons (Fsp3) is 0.579. The molecule has 7 nitrogen and oxygen atoms in total. The normalized spacial score (nSPS) is 20.4. The quantitative estimate of drug-likeness (QED) is 0.847. The van der Waals surface area contributed by atoms with E-state index in [4.69, 9.17) is 4.74 Å². The summed E-state index contributed by atoms with van der Waals surface area (Å²) in [6, 6.07) is 4.34. The Kier molecular flexibility index (Phi) is 5.89. The average molecular weight is 397 g/mol. The third-order valence-electron chi connectivity index (χ3n) is 4.47. The monoisotopic (exact) mass is 396 g/mol. The molecule has 8 heteroatoms. The fourth-order valence-corrected chi connectivity index (χ4v) is 3.66. The number of ether oxygens (including phenoxy) is 1. The van der Waals surface area contributed by atoms with Gasteiger partial charge in [-0.1, -0.05) is 13.0 Å². The Morgan fingerprint density at radius 1 is 1.22 bits per heavy atom. The number of sulfone groups is 1. The molecule has 0 radical (unpaired) electrons. The minimum atomic E-state index is -3.40. The summed E-state index contributed by atoms with van der Waals surface area (Å²) in [7, 11) is -3.40. The maximum absolute atomic E-state index is 12.9. The highest BCUT2D eigenvalue weighted by atomic mass is 32.2. The van der Waals surface area contributed by atoms with E-state index in [1.165, 1.54) is 12.1 Å². The van der Waals surface area contributed by atoms with Crippen molar-refractivity contribution >= 4 is 21.8 Å². The van der Waals surface area contributed by atoms with E-state index in [1.807, 2.05) is 6.92 Å². The predicted molar refractivity (Wildman–Crippen MR) is 103 cm³/mol. The van der Waals surface area contributed by atoms with Crippen LogP contribution >= 0.6 is 0 Å². The number of amides is 2. The zero-order chi connectivity index (χ0) is 20.6. The lowest BCUT2D eigenvalue weighted by atomic mass is 10.1. The Morgan fingerprint density at radius 3 is 2.41 bits per heavy atom. The van der Waals surface area contributed by atoms with Crippen LogP contribution in [0.1, 0.15) is 43.6 Å². The van der Waals surface area contributed by atoms with E-state index in [0.29, 0.717) is 24.2 Å². The van der Waals surface area contributed by atoms with Gasteiger partial charge in [-0.05, 0) is 51.3 Å². The van der Waals surface area contributed by atoms with Gasteiger partial charge < -0.3 is 15.0 Å². The molecule has 2 rings (SSSR count). The van der Waals surface area contributed by atoms with Crippen molar-refractivity contribution in [1.82, 2.24) is 10.2 Å². The van der Waals surface area contributed by atoms with Gasteiger partial charge in [0, 0.05) is 24.9 Å². The van der Waals surface area contributed by atoms with E-state index in [0.717, 1.165) is 6.26 Å². The van der Waals surface area contributed by atoms with E-state index in [2.05, 4.69) is 5.32 Å². The number of alkyl carbamates (subject to hydrolysis) is 1. The molecule has 1 N–H and O–H groups in total. The molecule has 1 aromatic rings. The van der Waals surface area contributed by atoms with Crippen LogP contribution in [0.5, 0.6) is 0 Å². The molecule has 0 spiro atoms. The number of nitrogens with one attached hydrogen (secondary N) is 1. The molecule has 1 fully saturated rings. The summed E-state index contributed by atoms with van der Waals surface area (Å²) < 4.78 is 28.9. The summed E-state index contributed by atoms with van der Waals surface area (Å²) in [5.74, 6) is -0.182. The molecule has 1 saturated heterocycles. The highest BCUT2D eigenvalue weighted by Gasteiger charge is 2.35. The standard InChI is InChI=1S/C19H28N2O5S/c1-12-7-8-14(27(6,24)25)9-15(12)17(22)21-10-13(2)16(11-21)20-18(23)26-19(3,4)5/h7-9,13,16H,10-11H2,1-6H3,(H,20,23)/t13-,16+/m1/s1. The molecule has 1 aliphatic heterocycles. The minimum Gasteiger partial charge on any atom is -0.444 e. The van der Waals surface area contributed by atoms with Gasteiger partial charge >= 0.3 is 6.09 Å². The zero-order valence-corrected chi connectivity index (χ0v) is 17.5. The van der Waals surface area contributed by atoms with Crippen molar-refractivity contribution in [2.45, 2.75) is 51.2 Å². The summed E-state index contributed by atoms with van der Waals surface area (Å²) >= 11 is 0. The van der Waals surface area contributed by atoms with Crippen molar-refractivity contribution in [2.75, 3.05) is 19.3 Å². The SMILES string of the molecule is Cc1ccc(S(C)(=O)=O)cc1C(=O)N1C[C@@H](C)[C@@H](NC(=O)OC(C)(C)C)C1. The van der Waals surface area contributed by atoms with Crippen LogP contribution in [-0.4, -0.2) is 56.3 Å². The second kappa shape index (κ2) is 7.50. The molecule has 1 aromatic carbocycles. The molecule has 0 aliphatic carbocycles. The number of carbonyl (C=O) groups excluding carboxylic acids is 2. The van der Waals surface area contributed by atoms with Gasteiger partial charge in [-0.15, -0.1) is 0 Å². The van der Waals surface area contributed by atoms with Crippen LogP contribution in [0.25, 0.3) is 0 Å². The minimum absolute atomic E-state index is 0.0554. The second-order valence-electron chi connectivity index (χ2n) is 8.19. The lowest BCUT2D eigenvalue weighted by Gasteiger charge is -2.23. The maximum Gasteiger partial charge on any atom is 0.407 e. The average Bonchev–Trinajstić information content (AvgIpc) is 2.85. The lowest BCUT2D eigenvalue weighted by molar-refractivity contribution is 0.0494. The number of rotatable bonds is 3. The van der Waals surface area contributed by atoms with Crippen molar-refractivity contribution in [3.8, 4) is 0 Å². The van der Waals surface area contributed by atoms with Gasteiger partial charge in [-0.25, -0.2) is 13.2 Å². The van der Waals surface area contributed by atoms with Crippen molar-refractivity contribution in [3.63, 3.8) is 0 Å². The number of benzene rings is 1. The van der Waals surface area contributed by atoms with Gasteiger partial charge in [-0.2, -0.15) is 0 Å². The molecule has 27 heavy (non-hydrogen) atoms. The number of hydrogen-bond donors (Lipinski definition) is 1. The van der Waals surface area contributed by atoms with Crippen molar-refractivity contribution in [1.29, 1.82) is 0 Å². The van der Waals surface area contributed by atoms with Gasteiger partial charge in [0.25, 0.3) is 5.91 Å². The summed E-state index contributed by atoms with van der Waals surface area (Å²) in [6.45, 7) is 9.92. The first kappa shape index (κ1) is 21.2. The highest BCUT2D eigenvalue weighted by molar-refractivity contribution is 7.90. The van der Waals surface area contributed by atoms with E-state index in [-0.39, 0.29) is 22.8 Å². The summed E-state index contributed by atoms with van der Waals surface area (Å²) in [5.41, 5.74) is 0.483. The van der Waals surface area contributed by atoms with E-state index < -0.39 is 21.5 Å². The number of hydrogen-bond acceptors (Lipinski definition) is 5. The molecule has 2 amide bonds. The molecule has 0 aromatic heterocycles. The first-order valence-electron chi connectivity index (χ1n) is 8.87. The molecular formula is C19H28N2O5S. The highest BCUT2D eigenvalue weighted by Crippen LogP contribution is 2.23. The molecule has 2 atom stereocenters. The Morgan fingerprint density at radius 2 is 1.85 bits per heavy atom. The molecule has 150 valence electrons. The second-order valence-corrected chi connectivity index (χ2v) is 10.2. The predicted octanol–water partition coefficient (Wildman–Crippen LogP) is 2.38. The van der Waals surface area contributed by atoms with Gasteiger partial charge in [-0.3, -0.25) is 4.79 Å². The molecule has 0 unspecified atom stereocenters. The maximum atomic E-state index is 12.9. The largest absolute Gasteiger partial charge is 0.444 e. The third-order valence-corrected chi connectivity index (χ3v) is 5.58. The van der Waals surface area contributed by atoms with Gasteiger partial charge in [0.1, 0.15) is 5.60 Å². The van der Waals surface area contributed by atoms with Crippen LogP contribution in [0.2, 0.25) is 0 Å². The van der Waals surface area contributed by atoms with Gasteiger partial charge in [0.15, 0.2) is 9.84 Å². The summed E-state index contributed by atoms with van der Waals surface area (Å²) in [4.78, 5) is 26.7. The summed E-state index contributed by atoms with van der Waals surface area (Å²) in [6.07, 6.45) is 0.605. The van der Waals surface area contributed by atoms with E-state index in [1.54, 1.807) is 38.7 Å². The first-order valence-corrected chi connectivity index (χ1v) is 10.8. The molecular weight excluding hydrogens is 368 g/mol. The Labute approximate surface area is 161 Å². The molecule has 0 bridgehead atoms. The van der Waals surface area contributed by atoms with Crippen LogP contribution in [0.3, 0.4) is 0 Å². The van der Waals surface area contributed by atoms with Gasteiger partial charge in [0.05, 0.1) is 10.9 Å². The van der Waals surface area contributed by atoms with Crippen molar-refractivity contribution in [3.05, 3.63) is 29.3 Å². The number of carbonyl (C=O) groups is 2. The summed E-state index contributed by atoms with van der Waals surface area (Å²) in [5, 5.41) is 2.82. The van der Waals surface area contributed by atoms with E-state index >= 15 is 0 Å². The smallest absolute Gasteiger partial charge is 0.407 e. The van der Waals surface area contributed by atoms with E-state index in [9.17, 15) is 18.0 Å². The Balaban J connectivity index is 2.14. The first-order chi connectivity index (χ1) is 12.3. The number of likely N-dealkylation sites (tertiary alicyclic amines) is 1. The van der Waals surface area contributed by atoms with Gasteiger partial charge in [0.2, 0.25) is 0 Å². The van der Waals surface area contributed by atoms with Crippen LogP contribution in [0, 0.1) is 12.8 Å².